The van der Waals surface area contributed by atoms with Crippen LogP contribution in [0.15, 0.2) is 18.2 Å². The molecule has 1 aromatic rings. The van der Waals surface area contributed by atoms with Crippen LogP contribution in [-0.2, 0) is 0 Å². The summed E-state index contributed by atoms with van der Waals surface area (Å²) in [6.45, 7) is 0.300. The van der Waals surface area contributed by atoms with E-state index in [1.165, 1.54) is 25.0 Å². The molecule has 2 N–H and O–H groups in total. The van der Waals surface area contributed by atoms with Crippen molar-refractivity contribution in [2.24, 2.45) is 0 Å². The van der Waals surface area contributed by atoms with Gasteiger partial charge in [0.25, 0.3) is 0 Å². The molecule has 1 fully saturated rings. The summed E-state index contributed by atoms with van der Waals surface area (Å²) in [6.07, 6.45) is 5.79. The minimum atomic E-state index is -0.940. The molecule has 0 aliphatic heterocycles. The zero-order chi connectivity index (χ0) is 14.5. The van der Waals surface area contributed by atoms with E-state index < -0.39 is 17.7 Å². The van der Waals surface area contributed by atoms with Crippen molar-refractivity contribution >= 4 is 11.8 Å². The van der Waals surface area contributed by atoms with E-state index in [9.17, 15) is 13.9 Å². The Bertz CT molecular complexity index is 444. The van der Waals surface area contributed by atoms with Crippen LogP contribution in [0.3, 0.4) is 0 Å². The van der Waals surface area contributed by atoms with Crippen LogP contribution in [0.5, 0.6) is 0 Å². The van der Waals surface area contributed by atoms with E-state index in [1.54, 1.807) is 0 Å². The van der Waals surface area contributed by atoms with E-state index in [1.807, 2.05) is 11.8 Å². The second kappa shape index (κ2) is 7.38. The highest BCUT2D eigenvalue weighted by Gasteiger charge is 2.22. The highest BCUT2D eigenvalue weighted by atomic mass is 32.2. The number of halogens is 2. The Morgan fingerprint density at radius 1 is 1.40 bits per heavy atom. The third kappa shape index (κ3) is 4.17. The van der Waals surface area contributed by atoms with E-state index in [2.05, 4.69) is 11.6 Å². The quantitative estimate of drug-likeness (QED) is 0.875. The highest BCUT2D eigenvalue weighted by Crippen LogP contribution is 2.27. The molecule has 0 bridgehead atoms. The molecule has 0 spiro atoms. The van der Waals surface area contributed by atoms with Crippen molar-refractivity contribution in [2.45, 2.75) is 43.1 Å². The molecule has 0 amide bonds. The summed E-state index contributed by atoms with van der Waals surface area (Å²) in [7, 11) is 0. The van der Waals surface area contributed by atoms with Gasteiger partial charge in [-0.15, -0.1) is 0 Å². The third-order valence-electron chi connectivity index (χ3n) is 3.88. The minimum absolute atomic E-state index is 0.149. The lowest BCUT2D eigenvalue weighted by Gasteiger charge is -2.29. The summed E-state index contributed by atoms with van der Waals surface area (Å²) in [6, 6.07) is 3.66. The molecule has 20 heavy (non-hydrogen) atoms. The predicted molar refractivity (Wildman–Crippen MR) is 78.9 cm³/mol. The molecule has 0 radical (unpaired) electrons. The highest BCUT2D eigenvalue weighted by molar-refractivity contribution is 7.99. The molecule has 3 unspecified atom stereocenters. The van der Waals surface area contributed by atoms with Gasteiger partial charge in [0, 0.05) is 29.5 Å². The molecule has 0 aromatic heterocycles. The summed E-state index contributed by atoms with van der Waals surface area (Å²) in [5, 5.41) is 14.0. The van der Waals surface area contributed by atoms with Crippen molar-refractivity contribution in [1.82, 2.24) is 5.32 Å². The Morgan fingerprint density at radius 2 is 2.20 bits per heavy atom. The van der Waals surface area contributed by atoms with E-state index >= 15 is 0 Å². The van der Waals surface area contributed by atoms with Gasteiger partial charge in [0.05, 0.1) is 6.10 Å². The normalized spacial score (nSPS) is 24.6. The summed E-state index contributed by atoms with van der Waals surface area (Å²) in [4.78, 5) is 0. The summed E-state index contributed by atoms with van der Waals surface area (Å²) in [5.74, 6) is -1.31. The molecule has 0 saturated heterocycles. The first kappa shape index (κ1) is 15.7. The zero-order valence-electron chi connectivity index (χ0n) is 11.6. The van der Waals surface area contributed by atoms with Crippen LogP contribution in [0.1, 0.15) is 37.4 Å². The van der Waals surface area contributed by atoms with Crippen LogP contribution in [0, 0.1) is 11.6 Å². The predicted octanol–water partition coefficient (Wildman–Crippen LogP) is 3.26. The Labute approximate surface area is 123 Å². The standard InChI is InChI=1S/C15H21F2NOS/c1-20-12-4-2-3-11(8-12)18-9-15(19)13-6-5-10(16)7-14(13)17/h5-7,11-12,15,18-19H,2-4,8-9H2,1H3. The molecule has 5 heteroatoms. The molecule has 112 valence electrons. The smallest absolute Gasteiger partial charge is 0.131 e. The number of aliphatic hydroxyl groups is 1. The number of hydrogen-bond donors (Lipinski definition) is 2. The van der Waals surface area contributed by atoms with Crippen molar-refractivity contribution in [3.63, 3.8) is 0 Å². The van der Waals surface area contributed by atoms with Crippen LogP contribution < -0.4 is 5.32 Å². The molecular weight excluding hydrogens is 280 g/mol. The van der Waals surface area contributed by atoms with Crippen LogP contribution in [0.25, 0.3) is 0 Å². The van der Waals surface area contributed by atoms with E-state index in [0.29, 0.717) is 17.8 Å². The molecule has 1 aromatic carbocycles. The molecule has 3 atom stereocenters. The molecule has 1 saturated carbocycles. The molecule has 0 heterocycles. The molecule has 2 rings (SSSR count). The average Bonchev–Trinajstić information content (AvgIpc) is 2.45. The van der Waals surface area contributed by atoms with Crippen molar-refractivity contribution in [2.75, 3.05) is 12.8 Å². The van der Waals surface area contributed by atoms with Gasteiger partial charge >= 0.3 is 0 Å². The Balaban J connectivity index is 1.86. The molecule has 1 aliphatic rings. The van der Waals surface area contributed by atoms with Crippen LogP contribution in [0.4, 0.5) is 8.78 Å². The van der Waals surface area contributed by atoms with E-state index in [4.69, 9.17) is 0 Å². The maximum absolute atomic E-state index is 13.6. The van der Waals surface area contributed by atoms with Crippen LogP contribution >= 0.6 is 11.8 Å². The first-order valence-corrected chi connectivity index (χ1v) is 8.28. The monoisotopic (exact) mass is 301 g/mol. The molecular formula is C15H21F2NOS. The van der Waals surface area contributed by atoms with Crippen molar-refractivity contribution in [3.8, 4) is 0 Å². The Kier molecular flexibility index (Phi) is 5.81. The first-order chi connectivity index (χ1) is 9.60. The fraction of sp³-hybridized carbons (Fsp3) is 0.600. The topological polar surface area (TPSA) is 32.3 Å². The maximum atomic E-state index is 13.6. The van der Waals surface area contributed by atoms with Gasteiger partial charge in [-0.2, -0.15) is 11.8 Å². The number of benzene rings is 1. The summed E-state index contributed by atoms with van der Waals surface area (Å²) in [5.41, 5.74) is 0.149. The zero-order valence-corrected chi connectivity index (χ0v) is 12.4. The lowest BCUT2D eigenvalue weighted by atomic mass is 9.94. The lowest BCUT2D eigenvalue weighted by Crippen LogP contribution is -2.37. The van der Waals surface area contributed by atoms with Gasteiger partial charge in [0.15, 0.2) is 0 Å². The summed E-state index contributed by atoms with van der Waals surface area (Å²) < 4.78 is 26.4. The maximum Gasteiger partial charge on any atom is 0.131 e. The number of nitrogens with one attached hydrogen (secondary N) is 1. The average molecular weight is 301 g/mol. The third-order valence-corrected chi connectivity index (χ3v) is 4.98. The number of aliphatic hydroxyl groups excluding tert-OH is 1. The van der Waals surface area contributed by atoms with Gasteiger partial charge in [-0.25, -0.2) is 8.78 Å². The van der Waals surface area contributed by atoms with Gasteiger partial charge in [0.1, 0.15) is 11.6 Å². The van der Waals surface area contributed by atoms with Gasteiger partial charge in [-0.05, 0) is 31.6 Å². The van der Waals surface area contributed by atoms with E-state index in [-0.39, 0.29) is 5.56 Å². The van der Waals surface area contributed by atoms with Gasteiger partial charge in [-0.3, -0.25) is 0 Å². The number of rotatable bonds is 5. The van der Waals surface area contributed by atoms with Gasteiger partial charge < -0.3 is 10.4 Å². The molecule has 1 aliphatic carbocycles. The number of thioether (sulfide) groups is 1. The molecule has 2 nitrogen and oxygen atoms in total. The largest absolute Gasteiger partial charge is 0.387 e. The Morgan fingerprint density at radius 3 is 2.90 bits per heavy atom. The SMILES string of the molecule is CSC1CCCC(NCC(O)c2ccc(F)cc2F)C1. The lowest BCUT2D eigenvalue weighted by molar-refractivity contribution is 0.161. The Hall–Kier alpha value is -0.650. The van der Waals surface area contributed by atoms with Crippen LogP contribution in [0.2, 0.25) is 0 Å². The van der Waals surface area contributed by atoms with Crippen LogP contribution in [-0.4, -0.2) is 29.2 Å². The second-order valence-electron chi connectivity index (χ2n) is 5.31. The van der Waals surface area contributed by atoms with Crippen molar-refractivity contribution in [1.29, 1.82) is 0 Å². The van der Waals surface area contributed by atoms with Crippen molar-refractivity contribution < 1.29 is 13.9 Å². The summed E-state index contributed by atoms with van der Waals surface area (Å²) >= 11 is 1.88. The second-order valence-corrected chi connectivity index (χ2v) is 6.45. The minimum Gasteiger partial charge on any atom is -0.387 e. The van der Waals surface area contributed by atoms with Gasteiger partial charge in [0.2, 0.25) is 0 Å². The number of hydrogen-bond acceptors (Lipinski definition) is 3. The van der Waals surface area contributed by atoms with Gasteiger partial charge in [-0.1, -0.05) is 12.5 Å². The fourth-order valence-corrected chi connectivity index (χ4v) is 3.53. The van der Waals surface area contributed by atoms with E-state index in [0.717, 1.165) is 18.9 Å². The van der Waals surface area contributed by atoms with Crippen molar-refractivity contribution in [3.05, 3.63) is 35.4 Å². The fourth-order valence-electron chi connectivity index (χ4n) is 2.70. The first-order valence-electron chi connectivity index (χ1n) is 6.99.